The Kier molecular flexibility index (Phi) is 4.68. The Morgan fingerprint density at radius 3 is 2.40 bits per heavy atom. The van der Waals surface area contributed by atoms with Crippen LogP contribution in [0.1, 0.15) is 5.56 Å². The molecule has 2 amide bonds. The van der Waals surface area contributed by atoms with Gasteiger partial charge in [-0.1, -0.05) is 54.6 Å². The van der Waals surface area contributed by atoms with Gasteiger partial charge in [0, 0.05) is 6.42 Å². The van der Waals surface area contributed by atoms with Crippen LogP contribution in [0, 0.1) is 5.92 Å². The van der Waals surface area contributed by atoms with E-state index in [0.717, 1.165) is 5.56 Å². The number of carbonyl (C=O) groups is 2. The van der Waals surface area contributed by atoms with E-state index >= 15 is 0 Å². The van der Waals surface area contributed by atoms with Crippen molar-refractivity contribution in [3.8, 4) is 0 Å². The Hall–Kier alpha value is -2.40. The Morgan fingerprint density at radius 1 is 1.15 bits per heavy atom. The van der Waals surface area contributed by atoms with Gasteiger partial charge in [-0.3, -0.25) is 15.0 Å². The topological polar surface area (TPSA) is 84.2 Å². The van der Waals surface area contributed by atoms with Crippen molar-refractivity contribution in [1.29, 1.82) is 0 Å². The highest BCUT2D eigenvalue weighted by molar-refractivity contribution is 5.90. The molecule has 2 rings (SSSR count). The molecule has 0 saturated carbocycles. The maximum absolute atomic E-state index is 12.0. The van der Waals surface area contributed by atoms with E-state index in [1.807, 2.05) is 30.3 Å². The Labute approximate surface area is 117 Å². The van der Waals surface area contributed by atoms with E-state index < -0.39 is 11.9 Å². The molecule has 5 heteroatoms. The minimum atomic E-state index is -0.683. The normalized spacial score (nSPS) is 15.1. The lowest BCUT2D eigenvalue weighted by molar-refractivity contribution is -0.129. The molecular formula is C15H17N3O2. The maximum Gasteiger partial charge on any atom is 0.256 e. The third-order valence-electron chi connectivity index (χ3n) is 3.11. The molecule has 1 aromatic carbocycles. The number of nitrogens with two attached hydrogens (primary N) is 1. The summed E-state index contributed by atoms with van der Waals surface area (Å²) in [6.07, 6.45) is 7.55. The zero-order chi connectivity index (χ0) is 14.4. The molecule has 0 saturated heterocycles. The fourth-order valence-corrected chi connectivity index (χ4v) is 2.03. The molecule has 1 aliphatic carbocycles. The molecule has 4 N–H and O–H groups in total. The van der Waals surface area contributed by atoms with Gasteiger partial charge >= 0.3 is 0 Å². The van der Waals surface area contributed by atoms with Crippen LogP contribution in [-0.4, -0.2) is 17.9 Å². The molecule has 0 bridgehead atoms. The van der Waals surface area contributed by atoms with Gasteiger partial charge in [-0.2, -0.15) is 0 Å². The summed E-state index contributed by atoms with van der Waals surface area (Å²) in [7, 11) is 0. The molecule has 0 spiro atoms. The van der Waals surface area contributed by atoms with Crippen LogP contribution < -0.4 is 16.6 Å². The van der Waals surface area contributed by atoms with Gasteiger partial charge in [0.05, 0.1) is 5.92 Å². The van der Waals surface area contributed by atoms with Gasteiger partial charge in [0.2, 0.25) is 5.91 Å². The number of amides is 2. The number of benzene rings is 1. The number of allylic oxidation sites excluding steroid dienone is 2. The van der Waals surface area contributed by atoms with E-state index in [9.17, 15) is 9.59 Å². The van der Waals surface area contributed by atoms with E-state index in [2.05, 4.69) is 10.7 Å². The summed E-state index contributed by atoms with van der Waals surface area (Å²) >= 11 is 0. The third kappa shape index (κ3) is 3.55. The van der Waals surface area contributed by atoms with Crippen molar-refractivity contribution in [1.82, 2.24) is 10.7 Å². The van der Waals surface area contributed by atoms with Gasteiger partial charge in [0.15, 0.2) is 0 Å². The first kappa shape index (κ1) is 14.0. The molecular weight excluding hydrogens is 254 g/mol. The minimum Gasteiger partial charge on any atom is -0.343 e. The first-order valence-electron chi connectivity index (χ1n) is 6.40. The second-order valence-electron chi connectivity index (χ2n) is 4.56. The molecule has 1 atom stereocenters. The van der Waals surface area contributed by atoms with E-state index in [0.29, 0.717) is 6.42 Å². The summed E-state index contributed by atoms with van der Waals surface area (Å²) in [6, 6.07) is 8.79. The molecule has 0 aliphatic heterocycles. The number of hydrazine groups is 1. The van der Waals surface area contributed by atoms with E-state index in [4.69, 9.17) is 5.84 Å². The third-order valence-corrected chi connectivity index (χ3v) is 3.11. The van der Waals surface area contributed by atoms with Crippen LogP contribution >= 0.6 is 0 Å². The minimum absolute atomic E-state index is 0.209. The van der Waals surface area contributed by atoms with E-state index in [1.165, 1.54) is 0 Å². The van der Waals surface area contributed by atoms with Gasteiger partial charge in [-0.05, 0) is 5.56 Å². The van der Waals surface area contributed by atoms with Gasteiger partial charge in [0.1, 0.15) is 6.04 Å². The number of carbonyl (C=O) groups excluding carboxylic acids is 2. The Morgan fingerprint density at radius 2 is 1.80 bits per heavy atom. The van der Waals surface area contributed by atoms with Gasteiger partial charge < -0.3 is 5.32 Å². The fourth-order valence-electron chi connectivity index (χ4n) is 2.03. The summed E-state index contributed by atoms with van der Waals surface area (Å²) in [4.78, 5) is 23.8. The monoisotopic (exact) mass is 271 g/mol. The van der Waals surface area contributed by atoms with E-state index in [1.54, 1.807) is 24.3 Å². The van der Waals surface area contributed by atoms with Crippen LogP contribution in [0.25, 0.3) is 0 Å². The van der Waals surface area contributed by atoms with Crippen molar-refractivity contribution in [3.05, 3.63) is 60.2 Å². The molecule has 1 aromatic rings. The van der Waals surface area contributed by atoms with Crippen molar-refractivity contribution < 1.29 is 9.59 Å². The standard InChI is InChI=1S/C15H17N3O2/c16-18-15(20)13(10-11-6-2-1-3-7-11)17-14(19)12-8-4-5-9-12/h1-9,12-13H,10,16H2,(H,17,19)(H,18,20)/t13-/m0/s1. The van der Waals surface area contributed by atoms with Crippen molar-refractivity contribution in [2.24, 2.45) is 11.8 Å². The predicted molar refractivity (Wildman–Crippen MR) is 76.2 cm³/mol. The zero-order valence-corrected chi connectivity index (χ0v) is 11.0. The van der Waals surface area contributed by atoms with Crippen LogP contribution in [0.4, 0.5) is 0 Å². The molecule has 104 valence electrons. The van der Waals surface area contributed by atoms with E-state index in [-0.39, 0.29) is 11.8 Å². The molecule has 0 heterocycles. The van der Waals surface area contributed by atoms with Crippen LogP contribution in [0.3, 0.4) is 0 Å². The zero-order valence-electron chi connectivity index (χ0n) is 11.0. The number of rotatable bonds is 5. The lowest BCUT2D eigenvalue weighted by Crippen LogP contribution is -2.51. The quantitative estimate of drug-likeness (QED) is 0.413. The maximum atomic E-state index is 12.0. The lowest BCUT2D eigenvalue weighted by atomic mass is 10.0. The molecule has 5 nitrogen and oxygen atoms in total. The van der Waals surface area contributed by atoms with Crippen LogP contribution in [0.2, 0.25) is 0 Å². The Balaban J connectivity index is 2.04. The summed E-state index contributed by atoms with van der Waals surface area (Å²) in [5.41, 5.74) is 3.05. The first-order valence-corrected chi connectivity index (χ1v) is 6.40. The fraction of sp³-hybridized carbons (Fsp3) is 0.200. The Bertz CT molecular complexity index is 525. The molecule has 0 unspecified atom stereocenters. The summed E-state index contributed by atoms with van der Waals surface area (Å²) in [5, 5.41) is 2.72. The highest BCUT2D eigenvalue weighted by Crippen LogP contribution is 2.10. The first-order chi connectivity index (χ1) is 9.70. The number of hydrogen-bond acceptors (Lipinski definition) is 3. The number of nitrogens with one attached hydrogen (secondary N) is 2. The average molecular weight is 271 g/mol. The highest BCUT2D eigenvalue weighted by atomic mass is 16.2. The molecule has 20 heavy (non-hydrogen) atoms. The van der Waals surface area contributed by atoms with Crippen molar-refractivity contribution in [3.63, 3.8) is 0 Å². The summed E-state index contributed by atoms with van der Waals surface area (Å²) in [5.74, 6) is 4.24. The van der Waals surface area contributed by atoms with Crippen molar-refractivity contribution in [2.45, 2.75) is 12.5 Å². The SMILES string of the molecule is NNC(=O)[C@H](Cc1ccccc1)NC(=O)C1C=CC=C1. The summed E-state index contributed by atoms with van der Waals surface area (Å²) < 4.78 is 0. The van der Waals surface area contributed by atoms with Gasteiger partial charge in [-0.15, -0.1) is 0 Å². The lowest BCUT2D eigenvalue weighted by Gasteiger charge is -2.18. The predicted octanol–water partition coefficient (Wildman–Crippen LogP) is 0.446. The number of hydrogen-bond donors (Lipinski definition) is 3. The largest absolute Gasteiger partial charge is 0.343 e. The smallest absolute Gasteiger partial charge is 0.256 e. The van der Waals surface area contributed by atoms with Gasteiger partial charge in [-0.25, -0.2) is 5.84 Å². The molecule has 0 fully saturated rings. The second kappa shape index (κ2) is 6.68. The second-order valence-corrected chi connectivity index (χ2v) is 4.56. The van der Waals surface area contributed by atoms with Crippen LogP contribution in [-0.2, 0) is 16.0 Å². The molecule has 0 radical (unpaired) electrons. The molecule has 1 aliphatic rings. The molecule has 0 aromatic heterocycles. The highest BCUT2D eigenvalue weighted by Gasteiger charge is 2.23. The van der Waals surface area contributed by atoms with Crippen molar-refractivity contribution >= 4 is 11.8 Å². The van der Waals surface area contributed by atoms with Crippen LogP contribution in [0.15, 0.2) is 54.6 Å². The van der Waals surface area contributed by atoms with Gasteiger partial charge in [0.25, 0.3) is 5.91 Å². The average Bonchev–Trinajstić information content (AvgIpc) is 3.01. The van der Waals surface area contributed by atoms with Crippen LogP contribution in [0.5, 0.6) is 0 Å². The van der Waals surface area contributed by atoms with Crippen molar-refractivity contribution in [2.75, 3.05) is 0 Å². The summed E-state index contributed by atoms with van der Waals surface area (Å²) in [6.45, 7) is 0.